The number of para-hydroxylation sites is 2. The Morgan fingerprint density at radius 2 is 2.19 bits per heavy atom. The van der Waals surface area contributed by atoms with Crippen LogP contribution >= 0.6 is 11.8 Å². The Kier molecular flexibility index (Phi) is 4.70. The molecule has 2 atom stereocenters. The van der Waals surface area contributed by atoms with Crippen LogP contribution in [0.15, 0.2) is 24.3 Å². The maximum Gasteiger partial charge on any atom is 0.244 e. The Labute approximate surface area is 130 Å². The lowest BCUT2D eigenvalue weighted by Crippen LogP contribution is -2.45. The molecule has 0 spiro atoms. The van der Waals surface area contributed by atoms with Gasteiger partial charge in [-0.15, -0.1) is 0 Å². The topological polar surface area (TPSA) is 41.6 Å². The second-order valence-electron chi connectivity index (χ2n) is 5.58. The van der Waals surface area contributed by atoms with Gasteiger partial charge in [0.25, 0.3) is 0 Å². The maximum absolute atomic E-state index is 12.6. The summed E-state index contributed by atoms with van der Waals surface area (Å²) in [6, 6.07) is 8.17. The van der Waals surface area contributed by atoms with E-state index in [0.29, 0.717) is 6.04 Å². The lowest BCUT2D eigenvalue weighted by atomic mass is 10.1. The van der Waals surface area contributed by atoms with Gasteiger partial charge < -0.3 is 15.0 Å². The molecule has 114 valence electrons. The average molecular weight is 306 g/mol. The number of hydrogen-bond donors (Lipinski definition) is 1. The van der Waals surface area contributed by atoms with Crippen molar-refractivity contribution in [2.45, 2.75) is 31.3 Å². The Balaban J connectivity index is 1.68. The highest BCUT2D eigenvalue weighted by molar-refractivity contribution is 7.99. The number of benzene rings is 1. The van der Waals surface area contributed by atoms with Crippen LogP contribution in [0, 0.1) is 0 Å². The fraction of sp³-hybridized carbons (Fsp3) is 0.562. The molecule has 2 aliphatic rings. The predicted octanol–water partition coefficient (Wildman–Crippen LogP) is 2.29. The molecule has 1 aromatic carbocycles. The highest BCUT2D eigenvalue weighted by atomic mass is 32.2. The molecule has 0 aromatic heterocycles. The second-order valence-corrected chi connectivity index (χ2v) is 6.73. The van der Waals surface area contributed by atoms with Crippen LogP contribution in [0.1, 0.15) is 19.3 Å². The van der Waals surface area contributed by atoms with Gasteiger partial charge in [-0.1, -0.05) is 12.1 Å². The molecule has 0 aliphatic carbocycles. The van der Waals surface area contributed by atoms with E-state index >= 15 is 0 Å². The molecular formula is C16H22N2O2S. The van der Waals surface area contributed by atoms with Crippen molar-refractivity contribution in [2.75, 3.05) is 30.1 Å². The van der Waals surface area contributed by atoms with Crippen LogP contribution in [0.3, 0.4) is 0 Å². The number of hydrogen-bond acceptors (Lipinski definition) is 4. The first-order chi connectivity index (χ1) is 10.3. The van der Waals surface area contributed by atoms with E-state index in [0.717, 1.165) is 30.2 Å². The first kappa shape index (κ1) is 14.7. The number of rotatable bonds is 4. The van der Waals surface area contributed by atoms with E-state index in [1.807, 2.05) is 40.9 Å². The Bertz CT molecular complexity index is 503. The van der Waals surface area contributed by atoms with Gasteiger partial charge in [-0.25, -0.2) is 0 Å². The lowest BCUT2D eigenvalue weighted by molar-refractivity contribution is -0.119. The van der Waals surface area contributed by atoms with Crippen LogP contribution in [0.4, 0.5) is 5.69 Å². The molecule has 5 heteroatoms. The van der Waals surface area contributed by atoms with Crippen molar-refractivity contribution >= 4 is 23.4 Å². The van der Waals surface area contributed by atoms with Gasteiger partial charge in [-0.05, 0) is 37.1 Å². The van der Waals surface area contributed by atoms with Crippen molar-refractivity contribution in [3.63, 3.8) is 0 Å². The number of methoxy groups -OCH3 is 1. The van der Waals surface area contributed by atoms with E-state index < -0.39 is 0 Å². The fourth-order valence-electron chi connectivity index (χ4n) is 3.08. The molecule has 2 saturated heterocycles. The van der Waals surface area contributed by atoms with E-state index in [1.165, 1.54) is 18.6 Å². The zero-order valence-corrected chi connectivity index (χ0v) is 13.2. The number of nitrogens with one attached hydrogen (secondary N) is 1. The summed E-state index contributed by atoms with van der Waals surface area (Å²) >= 11 is 1.98. The molecule has 0 saturated carbocycles. The van der Waals surface area contributed by atoms with Crippen LogP contribution in [-0.2, 0) is 4.79 Å². The molecule has 0 unspecified atom stereocenters. The number of carbonyl (C=O) groups is 1. The van der Waals surface area contributed by atoms with E-state index in [2.05, 4.69) is 5.32 Å². The minimum Gasteiger partial charge on any atom is -0.495 e. The molecule has 0 bridgehead atoms. The van der Waals surface area contributed by atoms with Gasteiger partial charge in [0.05, 0.1) is 18.8 Å². The summed E-state index contributed by atoms with van der Waals surface area (Å²) in [5.41, 5.74) is 0.882. The Hall–Kier alpha value is -1.20. The van der Waals surface area contributed by atoms with Crippen molar-refractivity contribution in [1.82, 2.24) is 5.32 Å². The summed E-state index contributed by atoms with van der Waals surface area (Å²) in [5, 5.41) is 3.55. The summed E-state index contributed by atoms with van der Waals surface area (Å²) in [5.74, 6) is 3.32. The predicted molar refractivity (Wildman–Crippen MR) is 87.2 cm³/mol. The van der Waals surface area contributed by atoms with Crippen molar-refractivity contribution in [3.8, 4) is 5.75 Å². The van der Waals surface area contributed by atoms with Gasteiger partial charge in [0.1, 0.15) is 5.75 Å². The van der Waals surface area contributed by atoms with Gasteiger partial charge >= 0.3 is 0 Å². The van der Waals surface area contributed by atoms with E-state index in [4.69, 9.17) is 4.74 Å². The summed E-state index contributed by atoms with van der Waals surface area (Å²) in [7, 11) is 1.65. The van der Waals surface area contributed by atoms with Crippen LogP contribution < -0.4 is 15.0 Å². The molecule has 4 nitrogen and oxygen atoms in total. The maximum atomic E-state index is 12.6. The van der Waals surface area contributed by atoms with Crippen molar-refractivity contribution < 1.29 is 9.53 Å². The quantitative estimate of drug-likeness (QED) is 0.927. The van der Waals surface area contributed by atoms with Gasteiger partial charge in [0.15, 0.2) is 0 Å². The van der Waals surface area contributed by atoms with Crippen molar-refractivity contribution in [1.29, 1.82) is 0 Å². The van der Waals surface area contributed by atoms with E-state index in [-0.39, 0.29) is 11.9 Å². The highest BCUT2D eigenvalue weighted by Gasteiger charge is 2.35. The fourth-order valence-corrected chi connectivity index (χ4v) is 4.17. The summed E-state index contributed by atoms with van der Waals surface area (Å²) in [4.78, 5) is 14.5. The lowest BCUT2D eigenvalue weighted by Gasteiger charge is -2.26. The van der Waals surface area contributed by atoms with Gasteiger partial charge in [-0.2, -0.15) is 11.8 Å². The largest absolute Gasteiger partial charge is 0.495 e. The minimum atomic E-state index is -0.0430. The Morgan fingerprint density at radius 3 is 2.95 bits per heavy atom. The van der Waals surface area contributed by atoms with Crippen LogP contribution in [0.5, 0.6) is 5.75 Å². The summed E-state index contributed by atoms with van der Waals surface area (Å²) in [6.07, 6.45) is 3.31. The molecule has 2 fully saturated rings. The standard InChI is InChI=1S/C16H22N2O2S/c1-20-15-7-3-2-6-14(15)18-9-8-13(16(18)19)17-12-5-4-10-21-11-12/h2-3,6-7,12-13,17H,4-5,8-11H2,1H3/t12-,13-/m0/s1. The molecule has 2 aliphatic heterocycles. The van der Waals surface area contributed by atoms with Crippen molar-refractivity contribution in [2.24, 2.45) is 0 Å². The average Bonchev–Trinajstić information content (AvgIpc) is 2.89. The van der Waals surface area contributed by atoms with Crippen LogP contribution in [0.25, 0.3) is 0 Å². The third-order valence-electron chi connectivity index (χ3n) is 4.18. The molecule has 1 aromatic rings. The molecule has 2 heterocycles. The SMILES string of the molecule is COc1ccccc1N1CC[C@H](N[C@H]2CCCSC2)C1=O. The van der Waals surface area contributed by atoms with E-state index in [1.54, 1.807) is 7.11 Å². The minimum absolute atomic E-state index is 0.0430. The normalized spacial score (nSPS) is 26.1. The van der Waals surface area contributed by atoms with Gasteiger partial charge in [0, 0.05) is 18.3 Å². The molecule has 3 rings (SSSR count). The number of thioether (sulfide) groups is 1. The van der Waals surface area contributed by atoms with Gasteiger partial charge in [0.2, 0.25) is 5.91 Å². The zero-order valence-electron chi connectivity index (χ0n) is 12.4. The Morgan fingerprint density at radius 1 is 1.33 bits per heavy atom. The molecule has 21 heavy (non-hydrogen) atoms. The monoisotopic (exact) mass is 306 g/mol. The number of amides is 1. The number of ether oxygens (including phenoxy) is 1. The number of nitrogens with zero attached hydrogens (tertiary/aromatic N) is 1. The third kappa shape index (κ3) is 3.19. The number of anilines is 1. The van der Waals surface area contributed by atoms with Crippen LogP contribution in [-0.4, -0.2) is 43.2 Å². The van der Waals surface area contributed by atoms with Crippen LogP contribution in [0.2, 0.25) is 0 Å². The highest BCUT2D eigenvalue weighted by Crippen LogP contribution is 2.31. The third-order valence-corrected chi connectivity index (χ3v) is 5.39. The second kappa shape index (κ2) is 6.71. The first-order valence-corrected chi connectivity index (χ1v) is 8.73. The van der Waals surface area contributed by atoms with E-state index in [9.17, 15) is 4.79 Å². The van der Waals surface area contributed by atoms with Crippen molar-refractivity contribution in [3.05, 3.63) is 24.3 Å². The van der Waals surface area contributed by atoms with Gasteiger partial charge in [-0.3, -0.25) is 4.79 Å². The number of carbonyl (C=O) groups excluding carboxylic acids is 1. The zero-order chi connectivity index (χ0) is 14.7. The smallest absolute Gasteiger partial charge is 0.244 e. The summed E-state index contributed by atoms with van der Waals surface area (Å²) < 4.78 is 5.37. The molecule has 0 radical (unpaired) electrons. The molecule has 1 amide bonds. The first-order valence-electron chi connectivity index (χ1n) is 7.58. The molecule has 1 N–H and O–H groups in total. The summed E-state index contributed by atoms with van der Waals surface area (Å²) in [6.45, 7) is 0.761. The molecular weight excluding hydrogens is 284 g/mol.